The first-order valence-corrected chi connectivity index (χ1v) is 8.60. The maximum absolute atomic E-state index is 14.3. The van der Waals surface area contributed by atoms with Gasteiger partial charge in [0.1, 0.15) is 36.1 Å². The van der Waals surface area contributed by atoms with Crippen LogP contribution in [-0.4, -0.2) is 53.4 Å². The molecule has 148 valence electrons. The number of aliphatic hydroxyl groups is 3. The summed E-state index contributed by atoms with van der Waals surface area (Å²) >= 11 is 5.84. The zero-order valence-corrected chi connectivity index (χ0v) is 14.9. The number of nitrogens with two attached hydrogens (primary N) is 1. The topological polar surface area (TPSA) is 152 Å². The van der Waals surface area contributed by atoms with Gasteiger partial charge < -0.3 is 25.5 Å². The number of ether oxygens (including phenoxy) is 1. The highest BCUT2D eigenvalue weighted by molar-refractivity contribution is 6.30. The van der Waals surface area contributed by atoms with E-state index in [0.717, 1.165) is 11.0 Å². The van der Waals surface area contributed by atoms with E-state index in [9.17, 15) is 19.7 Å². The van der Waals surface area contributed by atoms with Gasteiger partial charge in [-0.2, -0.15) is 4.39 Å². The summed E-state index contributed by atoms with van der Waals surface area (Å²) in [5.41, 5.74) is 2.66. The Kier molecular flexibility index (Phi) is 4.87. The third-order valence-corrected chi connectivity index (χ3v) is 4.87. The number of hydrazine groups is 1. The van der Waals surface area contributed by atoms with Gasteiger partial charge >= 0.3 is 0 Å². The van der Waals surface area contributed by atoms with E-state index in [1.165, 1.54) is 0 Å². The zero-order chi connectivity index (χ0) is 20.0. The molecule has 0 amide bonds. The summed E-state index contributed by atoms with van der Waals surface area (Å²) in [7, 11) is 0. The standard InChI is InChI=1S/C16H16ClFN6O4/c17-7-3-1-6(2-4-7)9(25)12-10(26)11(27)16(28-12)24-15-8(13(18)23-24)14(22-19)20-5-21-15/h1-5,9-12,16,25-27H,19H2,(H,20,21,22)/t9?,10-,11+,12+,16+/m0/s1. The Bertz CT molecular complexity index is 1000. The summed E-state index contributed by atoms with van der Waals surface area (Å²) in [6.07, 6.45) is -5.60. The van der Waals surface area contributed by atoms with Crippen LogP contribution < -0.4 is 11.3 Å². The van der Waals surface area contributed by atoms with E-state index in [4.69, 9.17) is 22.2 Å². The van der Waals surface area contributed by atoms with E-state index in [0.29, 0.717) is 10.6 Å². The third kappa shape index (κ3) is 2.98. The Morgan fingerprint density at radius 1 is 1.21 bits per heavy atom. The van der Waals surface area contributed by atoms with Gasteiger partial charge in [-0.05, 0) is 17.7 Å². The van der Waals surface area contributed by atoms with E-state index >= 15 is 0 Å². The van der Waals surface area contributed by atoms with Crippen molar-refractivity contribution in [3.8, 4) is 0 Å². The minimum Gasteiger partial charge on any atom is -0.387 e. The summed E-state index contributed by atoms with van der Waals surface area (Å²) in [5.74, 6) is 4.39. The number of nitrogens with one attached hydrogen (secondary N) is 1. The summed E-state index contributed by atoms with van der Waals surface area (Å²) in [6, 6.07) is 6.28. The molecule has 1 unspecified atom stereocenters. The molecule has 3 aromatic rings. The van der Waals surface area contributed by atoms with Crippen molar-refractivity contribution in [1.29, 1.82) is 0 Å². The van der Waals surface area contributed by atoms with Crippen LogP contribution in [0.15, 0.2) is 30.6 Å². The molecular weight excluding hydrogens is 395 g/mol. The molecule has 0 saturated carbocycles. The van der Waals surface area contributed by atoms with Crippen LogP contribution in [0.3, 0.4) is 0 Å². The Morgan fingerprint density at radius 2 is 1.93 bits per heavy atom. The molecule has 4 rings (SSSR count). The molecule has 1 saturated heterocycles. The van der Waals surface area contributed by atoms with Crippen LogP contribution in [0, 0.1) is 5.95 Å². The quantitative estimate of drug-likeness (QED) is 0.301. The minimum atomic E-state index is -1.50. The zero-order valence-electron chi connectivity index (χ0n) is 14.1. The van der Waals surface area contributed by atoms with Crippen molar-refractivity contribution < 1.29 is 24.4 Å². The Hall–Kier alpha value is -2.41. The van der Waals surface area contributed by atoms with Gasteiger partial charge in [0.15, 0.2) is 17.7 Å². The molecule has 3 heterocycles. The van der Waals surface area contributed by atoms with E-state index < -0.39 is 36.6 Å². The fourth-order valence-corrected chi connectivity index (χ4v) is 3.34. The number of halogens is 2. The number of nitrogens with zero attached hydrogens (tertiary/aromatic N) is 4. The number of hydrogen-bond donors (Lipinski definition) is 5. The normalized spacial score (nSPS) is 25.9. The summed E-state index contributed by atoms with van der Waals surface area (Å²) in [4.78, 5) is 7.76. The van der Waals surface area contributed by atoms with Crippen molar-refractivity contribution in [2.45, 2.75) is 30.6 Å². The molecule has 12 heteroatoms. The van der Waals surface area contributed by atoms with Gasteiger partial charge in [0, 0.05) is 5.02 Å². The van der Waals surface area contributed by atoms with Gasteiger partial charge in [0.25, 0.3) is 0 Å². The van der Waals surface area contributed by atoms with E-state index in [1.54, 1.807) is 24.3 Å². The smallest absolute Gasteiger partial charge is 0.246 e. The lowest BCUT2D eigenvalue weighted by molar-refractivity contribution is -0.0887. The molecule has 1 aromatic carbocycles. The molecule has 28 heavy (non-hydrogen) atoms. The number of anilines is 1. The number of fused-ring (bicyclic) bond motifs is 1. The van der Waals surface area contributed by atoms with E-state index in [-0.39, 0.29) is 16.9 Å². The van der Waals surface area contributed by atoms with Crippen molar-refractivity contribution in [2.75, 3.05) is 5.43 Å². The van der Waals surface area contributed by atoms with Gasteiger partial charge in [-0.1, -0.05) is 23.7 Å². The SMILES string of the molecule is NNc1ncnc2c1c(F)nn2[C@@H]1O[C@H](C(O)c2ccc(Cl)cc2)[C@@H](O)[C@H]1O. The molecule has 6 N–H and O–H groups in total. The second-order valence-electron chi connectivity index (χ2n) is 6.27. The number of benzene rings is 1. The third-order valence-electron chi connectivity index (χ3n) is 4.62. The molecule has 0 spiro atoms. The number of hydrogen-bond acceptors (Lipinski definition) is 9. The summed E-state index contributed by atoms with van der Waals surface area (Å²) < 4.78 is 21.0. The predicted molar refractivity (Wildman–Crippen MR) is 95.4 cm³/mol. The maximum atomic E-state index is 14.3. The Morgan fingerprint density at radius 3 is 2.61 bits per heavy atom. The predicted octanol–water partition coefficient (Wildman–Crippen LogP) is 0.257. The van der Waals surface area contributed by atoms with Crippen LogP contribution in [0.2, 0.25) is 5.02 Å². The number of nitrogen functional groups attached to an aromatic ring is 1. The summed E-state index contributed by atoms with van der Waals surface area (Å²) in [6.45, 7) is 0. The fraction of sp³-hybridized carbons (Fsp3) is 0.312. The fourth-order valence-electron chi connectivity index (χ4n) is 3.22. The van der Waals surface area contributed by atoms with Crippen molar-refractivity contribution in [1.82, 2.24) is 19.7 Å². The van der Waals surface area contributed by atoms with Gasteiger partial charge in [-0.25, -0.2) is 20.5 Å². The monoisotopic (exact) mass is 410 g/mol. The molecule has 1 aliphatic heterocycles. The van der Waals surface area contributed by atoms with Crippen LogP contribution in [0.1, 0.15) is 17.9 Å². The average molecular weight is 411 g/mol. The average Bonchev–Trinajstić information content (AvgIpc) is 3.19. The van der Waals surface area contributed by atoms with Gasteiger partial charge in [0.2, 0.25) is 5.95 Å². The first-order valence-electron chi connectivity index (χ1n) is 8.23. The Balaban J connectivity index is 1.69. The van der Waals surface area contributed by atoms with Crippen LogP contribution in [0.5, 0.6) is 0 Å². The Labute approximate surface area is 162 Å². The molecule has 2 aromatic heterocycles. The summed E-state index contributed by atoms with van der Waals surface area (Å²) in [5, 5.41) is 35.5. The van der Waals surface area contributed by atoms with Gasteiger partial charge in [0.05, 0.1) is 0 Å². The number of aliphatic hydroxyl groups excluding tert-OH is 3. The number of rotatable bonds is 4. The van der Waals surface area contributed by atoms with Crippen LogP contribution >= 0.6 is 11.6 Å². The second-order valence-corrected chi connectivity index (χ2v) is 6.71. The molecule has 1 aliphatic rings. The highest BCUT2D eigenvalue weighted by atomic mass is 35.5. The highest BCUT2D eigenvalue weighted by Crippen LogP contribution is 2.37. The van der Waals surface area contributed by atoms with Crippen LogP contribution in [-0.2, 0) is 4.74 Å². The van der Waals surface area contributed by atoms with Crippen molar-refractivity contribution >= 4 is 28.5 Å². The van der Waals surface area contributed by atoms with E-state index in [2.05, 4.69) is 20.5 Å². The lowest BCUT2D eigenvalue weighted by Crippen LogP contribution is -2.35. The molecule has 0 aliphatic carbocycles. The van der Waals surface area contributed by atoms with Crippen LogP contribution in [0.4, 0.5) is 10.2 Å². The molecule has 1 fully saturated rings. The first kappa shape index (κ1) is 18.9. The molecule has 0 bridgehead atoms. The minimum absolute atomic E-state index is 0.000431. The van der Waals surface area contributed by atoms with Gasteiger partial charge in [-0.3, -0.25) is 0 Å². The lowest BCUT2D eigenvalue weighted by atomic mass is 9.99. The molecule has 0 radical (unpaired) electrons. The van der Waals surface area contributed by atoms with Gasteiger partial charge in [-0.15, -0.1) is 5.10 Å². The molecular formula is C16H16ClFN6O4. The van der Waals surface area contributed by atoms with E-state index in [1.807, 2.05) is 0 Å². The van der Waals surface area contributed by atoms with Crippen molar-refractivity contribution in [3.05, 3.63) is 47.1 Å². The number of aromatic nitrogens is 4. The van der Waals surface area contributed by atoms with Crippen molar-refractivity contribution in [3.63, 3.8) is 0 Å². The highest BCUT2D eigenvalue weighted by Gasteiger charge is 2.48. The van der Waals surface area contributed by atoms with Crippen LogP contribution in [0.25, 0.3) is 11.0 Å². The lowest BCUT2D eigenvalue weighted by Gasteiger charge is -2.21. The second kappa shape index (κ2) is 7.20. The molecule has 5 atom stereocenters. The van der Waals surface area contributed by atoms with Crippen molar-refractivity contribution in [2.24, 2.45) is 5.84 Å². The largest absolute Gasteiger partial charge is 0.387 e. The maximum Gasteiger partial charge on any atom is 0.246 e. The first-order chi connectivity index (χ1) is 13.4. The molecule has 10 nitrogen and oxygen atoms in total.